The Kier molecular flexibility index (Phi) is 5.01. The van der Waals surface area contributed by atoms with Crippen molar-refractivity contribution in [1.29, 1.82) is 0 Å². The van der Waals surface area contributed by atoms with E-state index in [1.54, 1.807) is 55.6 Å². The van der Waals surface area contributed by atoms with Crippen LogP contribution < -0.4 is 5.32 Å². The Hall–Kier alpha value is -3.65. The maximum Gasteiger partial charge on any atom is 0.411 e. The third-order valence-electron chi connectivity index (χ3n) is 4.74. The normalized spacial score (nSPS) is 11.4. The fourth-order valence-electron chi connectivity index (χ4n) is 3.36. The van der Waals surface area contributed by atoms with Gasteiger partial charge >= 0.3 is 6.09 Å². The summed E-state index contributed by atoms with van der Waals surface area (Å²) in [5.74, 6) is 0. The summed E-state index contributed by atoms with van der Waals surface area (Å²) < 4.78 is 32.3. The van der Waals surface area contributed by atoms with Crippen LogP contribution in [0.2, 0.25) is 0 Å². The Balaban J connectivity index is 1.82. The Morgan fingerprint density at radius 3 is 2.40 bits per heavy atom. The van der Waals surface area contributed by atoms with Crippen LogP contribution in [-0.2, 0) is 14.8 Å². The van der Waals surface area contributed by atoms with Gasteiger partial charge in [-0.1, -0.05) is 30.3 Å². The molecule has 0 saturated carbocycles. The van der Waals surface area contributed by atoms with Crippen molar-refractivity contribution >= 4 is 32.8 Å². The maximum atomic E-state index is 13.2. The van der Waals surface area contributed by atoms with Crippen LogP contribution in [0.15, 0.2) is 77.8 Å². The van der Waals surface area contributed by atoms with Gasteiger partial charge in [-0.05, 0) is 54.4 Å². The van der Waals surface area contributed by atoms with E-state index in [-0.39, 0.29) is 4.90 Å². The molecule has 2 aromatic heterocycles. The van der Waals surface area contributed by atoms with Crippen LogP contribution in [-0.4, -0.2) is 30.6 Å². The second-order valence-electron chi connectivity index (χ2n) is 6.66. The van der Waals surface area contributed by atoms with Gasteiger partial charge in [-0.2, -0.15) is 0 Å². The van der Waals surface area contributed by atoms with Crippen LogP contribution in [0, 0.1) is 6.92 Å². The van der Waals surface area contributed by atoms with E-state index in [4.69, 9.17) is 0 Å². The molecular weight excluding hydrogens is 402 g/mol. The van der Waals surface area contributed by atoms with Gasteiger partial charge in [0.25, 0.3) is 10.0 Å². The zero-order valence-electron chi connectivity index (χ0n) is 16.4. The summed E-state index contributed by atoms with van der Waals surface area (Å²) in [4.78, 5) is 15.9. The fourth-order valence-corrected chi connectivity index (χ4v) is 4.87. The molecule has 0 saturated heterocycles. The lowest BCUT2D eigenvalue weighted by Crippen LogP contribution is -2.14. The summed E-state index contributed by atoms with van der Waals surface area (Å²) in [6.45, 7) is 1.75. The summed E-state index contributed by atoms with van der Waals surface area (Å²) in [5, 5.41) is 3.33. The highest BCUT2D eigenvalue weighted by Gasteiger charge is 2.23. The predicted octanol–water partition coefficient (Wildman–Crippen LogP) is 4.43. The molecule has 0 bridgehead atoms. The van der Waals surface area contributed by atoms with Crippen LogP contribution in [0.4, 0.5) is 10.5 Å². The van der Waals surface area contributed by atoms with E-state index in [0.29, 0.717) is 17.0 Å². The van der Waals surface area contributed by atoms with Crippen molar-refractivity contribution < 1.29 is 17.9 Å². The molecule has 0 spiro atoms. The van der Waals surface area contributed by atoms with Crippen LogP contribution in [0.1, 0.15) is 5.69 Å². The number of aromatic nitrogens is 2. The van der Waals surface area contributed by atoms with Gasteiger partial charge in [0.05, 0.1) is 12.0 Å². The smallest absolute Gasteiger partial charge is 0.411 e. The van der Waals surface area contributed by atoms with Crippen molar-refractivity contribution in [2.24, 2.45) is 0 Å². The molecule has 30 heavy (non-hydrogen) atoms. The van der Waals surface area contributed by atoms with Crippen molar-refractivity contribution in [3.05, 3.63) is 78.6 Å². The predicted molar refractivity (Wildman–Crippen MR) is 115 cm³/mol. The molecule has 0 radical (unpaired) electrons. The zero-order valence-corrected chi connectivity index (χ0v) is 17.2. The zero-order chi connectivity index (χ0) is 21.3. The van der Waals surface area contributed by atoms with Gasteiger partial charge in [0.15, 0.2) is 5.65 Å². The molecule has 2 aromatic carbocycles. The Morgan fingerprint density at radius 2 is 1.73 bits per heavy atom. The molecule has 4 rings (SSSR count). The molecule has 1 N–H and O–H groups in total. The first-order valence-corrected chi connectivity index (χ1v) is 10.6. The first-order chi connectivity index (χ1) is 14.4. The van der Waals surface area contributed by atoms with E-state index in [2.05, 4.69) is 15.0 Å². The number of aryl methyl sites for hydroxylation is 1. The number of hydrogen-bond donors (Lipinski definition) is 1. The Morgan fingerprint density at radius 1 is 1.03 bits per heavy atom. The largest absolute Gasteiger partial charge is 0.453 e. The van der Waals surface area contributed by atoms with E-state index in [1.165, 1.54) is 11.1 Å². The lowest BCUT2D eigenvalue weighted by Gasteiger charge is -2.10. The minimum atomic E-state index is -3.78. The van der Waals surface area contributed by atoms with Gasteiger partial charge in [-0.25, -0.2) is 22.2 Å². The summed E-state index contributed by atoms with van der Waals surface area (Å²) in [6, 6.07) is 19.1. The molecule has 0 aliphatic rings. The lowest BCUT2D eigenvalue weighted by molar-refractivity contribution is 0.187. The van der Waals surface area contributed by atoms with E-state index in [1.807, 2.05) is 24.3 Å². The molecule has 8 heteroatoms. The molecule has 1 amide bonds. The number of pyridine rings is 1. The van der Waals surface area contributed by atoms with Gasteiger partial charge in [-0.3, -0.25) is 5.32 Å². The number of amides is 1. The van der Waals surface area contributed by atoms with Crippen molar-refractivity contribution in [2.75, 3.05) is 12.4 Å². The topological polar surface area (TPSA) is 90.3 Å². The van der Waals surface area contributed by atoms with Crippen LogP contribution in [0.3, 0.4) is 0 Å². The van der Waals surface area contributed by atoms with Crippen molar-refractivity contribution in [2.45, 2.75) is 11.8 Å². The number of nitrogens with one attached hydrogen (secondary N) is 1. The summed E-state index contributed by atoms with van der Waals surface area (Å²) in [5.41, 5.74) is 3.24. The van der Waals surface area contributed by atoms with E-state index < -0.39 is 16.1 Å². The van der Waals surface area contributed by atoms with Crippen molar-refractivity contribution in [3.8, 4) is 11.1 Å². The first-order valence-electron chi connectivity index (χ1n) is 9.15. The van der Waals surface area contributed by atoms with Gasteiger partial charge in [0.1, 0.15) is 0 Å². The van der Waals surface area contributed by atoms with Crippen LogP contribution >= 0.6 is 0 Å². The minimum Gasteiger partial charge on any atom is -0.453 e. The number of carbonyl (C=O) groups is 1. The van der Waals surface area contributed by atoms with Crippen molar-refractivity contribution in [1.82, 2.24) is 8.96 Å². The monoisotopic (exact) mass is 421 g/mol. The molecule has 0 atom stereocenters. The molecule has 152 valence electrons. The number of rotatable bonds is 4. The van der Waals surface area contributed by atoms with Crippen LogP contribution in [0.25, 0.3) is 22.2 Å². The molecule has 0 aliphatic carbocycles. The van der Waals surface area contributed by atoms with E-state index >= 15 is 0 Å². The first kappa shape index (κ1) is 19.7. The molecular formula is C22H19N3O4S. The number of anilines is 1. The summed E-state index contributed by atoms with van der Waals surface area (Å²) in [6.07, 6.45) is 1.04. The lowest BCUT2D eigenvalue weighted by atomic mass is 10.0. The molecule has 4 aromatic rings. The fraction of sp³-hybridized carbons (Fsp3) is 0.0909. The average Bonchev–Trinajstić information content (AvgIpc) is 3.11. The highest BCUT2D eigenvalue weighted by molar-refractivity contribution is 7.90. The second kappa shape index (κ2) is 7.64. The average molecular weight is 421 g/mol. The third-order valence-corrected chi connectivity index (χ3v) is 6.55. The SMILES string of the molecule is COC(=O)Nc1ccc(-c2ccnc3c2cc(C)n3S(=O)(=O)c2ccccc2)cc1. The molecule has 0 unspecified atom stereocenters. The summed E-state index contributed by atoms with van der Waals surface area (Å²) >= 11 is 0. The number of nitrogens with zero attached hydrogens (tertiary/aromatic N) is 2. The van der Waals surface area contributed by atoms with Gasteiger partial charge in [0.2, 0.25) is 0 Å². The number of fused-ring (bicyclic) bond motifs is 1. The molecule has 0 fully saturated rings. The molecule has 0 aliphatic heterocycles. The minimum absolute atomic E-state index is 0.205. The number of ether oxygens (including phenoxy) is 1. The molecule has 2 heterocycles. The summed E-state index contributed by atoms with van der Waals surface area (Å²) in [7, 11) is -2.48. The Labute approximate surface area is 174 Å². The molecule has 7 nitrogen and oxygen atoms in total. The van der Waals surface area contributed by atoms with E-state index in [0.717, 1.165) is 16.5 Å². The number of carbonyl (C=O) groups excluding carboxylic acids is 1. The number of methoxy groups -OCH3 is 1. The second-order valence-corrected chi connectivity index (χ2v) is 8.44. The van der Waals surface area contributed by atoms with Crippen LogP contribution in [0.5, 0.6) is 0 Å². The quantitative estimate of drug-likeness (QED) is 0.527. The number of hydrogen-bond acceptors (Lipinski definition) is 5. The van der Waals surface area contributed by atoms with Gasteiger partial charge in [-0.15, -0.1) is 0 Å². The highest BCUT2D eigenvalue weighted by Crippen LogP contribution is 2.32. The standard InChI is InChI=1S/C22H19N3O4S/c1-15-14-20-19(16-8-10-17(11-9-16)24-22(26)29-2)12-13-23-21(20)25(15)30(27,28)18-6-4-3-5-7-18/h3-14H,1-2H3,(H,24,26). The van der Waals surface area contributed by atoms with Gasteiger partial charge in [0, 0.05) is 23.0 Å². The van der Waals surface area contributed by atoms with E-state index in [9.17, 15) is 13.2 Å². The van der Waals surface area contributed by atoms with Gasteiger partial charge < -0.3 is 4.74 Å². The third kappa shape index (κ3) is 3.42. The van der Waals surface area contributed by atoms with Crippen molar-refractivity contribution in [3.63, 3.8) is 0 Å². The Bertz CT molecular complexity index is 1330. The highest BCUT2D eigenvalue weighted by atomic mass is 32.2. The maximum absolute atomic E-state index is 13.2. The number of benzene rings is 2.